The zero-order valence-electron chi connectivity index (χ0n) is 14.7. The highest BCUT2D eigenvalue weighted by Gasteiger charge is 2.12. The summed E-state index contributed by atoms with van der Waals surface area (Å²) >= 11 is 5.80. The third kappa shape index (κ3) is 4.66. The van der Waals surface area contributed by atoms with E-state index in [9.17, 15) is 14.4 Å². The van der Waals surface area contributed by atoms with Gasteiger partial charge in [0.25, 0.3) is 5.91 Å². The highest BCUT2D eigenvalue weighted by atomic mass is 35.5. The van der Waals surface area contributed by atoms with Gasteiger partial charge in [0.15, 0.2) is 0 Å². The first-order valence-corrected chi connectivity index (χ1v) is 8.50. The van der Waals surface area contributed by atoms with Gasteiger partial charge in [-0.3, -0.25) is 14.6 Å². The number of halogens is 1. The summed E-state index contributed by atoms with van der Waals surface area (Å²) in [5.74, 6) is -0.704. The number of amides is 1. The summed E-state index contributed by atoms with van der Waals surface area (Å²) in [4.78, 5) is 39.5. The van der Waals surface area contributed by atoms with Crippen LogP contribution in [0.4, 0.5) is 0 Å². The number of ether oxygens (including phenoxy) is 2. The number of benzene rings is 1. The maximum Gasteiger partial charge on any atom is 0.336 e. The number of hydrogen-bond acceptors (Lipinski definition) is 7. The average Bonchev–Trinajstić information content (AvgIpc) is 2.69. The fourth-order valence-electron chi connectivity index (χ4n) is 2.44. The monoisotopic (exact) mass is 402 g/mol. The molecule has 2 heterocycles. The third-order valence-corrected chi connectivity index (χ3v) is 4.01. The van der Waals surface area contributed by atoms with Crippen molar-refractivity contribution in [3.05, 3.63) is 69.3 Å². The van der Waals surface area contributed by atoms with Gasteiger partial charge in [-0.25, -0.2) is 4.79 Å². The van der Waals surface area contributed by atoms with E-state index in [0.29, 0.717) is 27.3 Å². The Morgan fingerprint density at radius 3 is 2.79 bits per heavy atom. The second-order valence-corrected chi connectivity index (χ2v) is 6.09. The van der Waals surface area contributed by atoms with Crippen molar-refractivity contribution < 1.29 is 23.5 Å². The van der Waals surface area contributed by atoms with Gasteiger partial charge in [-0.15, -0.1) is 0 Å². The van der Waals surface area contributed by atoms with Gasteiger partial charge >= 0.3 is 11.6 Å². The molecule has 0 fully saturated rings. The van der Waals surface area contributed by atoms with Gasteiger partial charge in [0, 0.05) is 34.3 Å². The van der Waals surface area contributed by atoms with Crippen molar-refractivity contribution in [2.75, 3.05) is 13.7 Å². The molecule has 1 N–H and O–H groups in total. The summed E-state index contributed by atoms with van der Waals surface area (Å²) in [5.41, 5.74) is 0.302. The number of carbonyl (C=O) groups excluding carboxylic acids is 2. The summed E-state index contributed by atoms with van der Waals surface area (Å²) in [6.07, 6.45) is 1.39. The van der Waals surface area contributed by atoms with E-state index in [1.165, 1.54) is 31.5 Å². The number of aromatic nitrogens is 1. The largest absolute Gasteiger partial charge is 0.497 e. The van der Waals surface area contributed by atoms with Crippen LogP contribution in [0.15, 0.2) is 51.8 Å². The van der Waals surface area contributed by atoms with E-state index in [0.717, 1.165) is 0 Å². The van der Waals surface area contributed by atoms with Gasteiger partial charge in [-0.1, -0.05) is 11.6 Å². The van der Waals surface area contributed by atoms with Crippen LogP contribution in [0.25, 0.3) is 11.0 Å². The quantitative estimate of drug-likeness (QED) is 0.498. The maximum absolute atomic E-state index is 11.9. The van der Waals surface area contributed by atoms with Crippen LogP contribution in [-0.2, 0) is 16.1 Å². The Hall–Kier alpha value is -3.39. The predicted molar refractivity (Wildman–Crippen MR) is 100 cm³/mol. The first-order chi connectivity index (χ1) is 13.5. The number of nitrogens with one attached hydrogen (secondary N) is 1. The predicted octanol–water partition coefficient (Wildman–Crippen LogP) is 2.32. The van der Waals surface area contributed by atoms with E-state index >= 15 is 0 Å². The lowest BCUT2D eigenvalue weighted by atomic mass is 10.1. The summed E-state index contributed by atoms with van der Waals surface area (Å²) in [5, 5.41) is 3.36. The standard InChI is InChI=1S/C19H15ClN2O6/c1-26-13-2-3-14-11(6-17(23)28-16(14)8-13)10-27-18(24)9-22-19(25)15-7-12(20)4-5-21-15/h2-8H,9-10H2,1H3,(H,22,25). The number of pyridine rings is 1. The number of esters is 1. The Labute approximate surface area is 164 Å². The van der Waals surface area contributed by atoms with Crippen molar-refractivity contribution in [1.82, 2.24) is 10.3 Å². The number of nitrogens with zero attached hydrogens (tertiary/aromatic N) is 1. The molecule has 0 saturated carbocycles. The molecule has 2 aromatic heterocycles. The Morgan fingerprint density at radius 2 is 2.04 bits per heavy atom. The van der Waals surface area contributed by atoms with Gasteiger partial charge in [-0.2, -0.15) is 0 Å². The normalized spacial score (nSPS) is 10.5. The minimum atomic E-state index is -0.676. The zero-order chi connectivity index (χ0) is 20.1. The molecule has 144 valence electrons. The van der Waals surface area contributed by atoms with Crippen molar-refractivity contribution in [2.24, 2.45) is 0 Å². The van der Waals surface area contributed by atoms with Crippen LogP contribution in [0.5, 0.6) is 5.75 Å². The molecule has 0 aliphatic carbocycles. The number of hydrogen-bond donors (Lipinski definition) is 1. The van der Waals surface area contributed by atoms with Gasteiger partial charge < -0.3 is 19.2 Å². The van der Waals surface area contributed by atoms with Crippen LogP contribution in [0.1, 0.15) is 16.1 Å². The molecule has 3 aromatic rings. The van der Waals surface area contributed by atoms with Crippen LogP contribution < -0.4 is 15.7 Å². The maximum atomic E-state index is 11.9. The Morgan fingerprint density at radius 1 is 1.21 bits per heavy atom. The second-order valence-electron chi connectivity index (χ2n) is 5.66. The van der Waals surface area contributed by atoms with Gasteiger partial charge in [0.05, 0.1) is 7.11 Å². The molecule has 3 rings (SSSR count). The highest BCUT2D eigenvalue weighted by Crippen LogP contribution is 2.23. The molecule has 28 heavy (non-hydrogen) atoms. The Kier molecular flexibility index (Phi) is 5.90. The summed E-state index contributed by atoms with van der Waals surface area (Å²) in [7, 11) is 1.50. The molecule has 0 atom stereocenters. The van der Waals surface area contributed by atoms with E-state index < -0.39 is 17.5 Å². The third-order valence-electron chi connectivity index (χ3n) is 3.77. The smallest absolute Gasteiger partial charge is 0.336 e. The Balaban J connectivity index is 1.63. The lowest BCUT2D eigenvalue weighted by Gasteiger charge is -2.09. The van der Waals surface area contributed by atoms with Crippen molar-refractivity contribution >= 4 is 34.4 Å². The molecule has 0 radical (unpaired) electrons. The van der Waals surface area contributed by atoms with Crippen molar-refractivity contribution in [3.63, 3.8) is 0 Å². The van der Waals surface area contributed by atoms with Gasteiger partial charge in [0.1, 0.15) is 30.2 Å². The second kappa shape index (κ2) is 8.53. The molecule has 8 nitrogen and oxygen atoms in total. The van der Waals surface area contributed by atoms with E-state index in [-0.39, 0.29) is 18.8 Å². The van der Waals surface area contributed by atoms with Crippen molar-refractivity contribution in [2.45, 2.75) is 6.61 Å². The van der Waals surface area contributed by atoms with Crippen molar-refractivity contribution in [1.29, 1.82) is 0 Å². The zero-order valence-corrected chi connectivity index (χ0v) is 15.5. The van der Waals surface area contributed by atoms with E-state index in [2.05, 4.69) is 10.3 Å². The molecular formula is C19H15ClN2O6. The van der Waals surface area contributed by atoms with E-state index in [1.807, 2.05) is 0 Å². The molecule has 0 spiro atoms. The molecule has 1 aromatic carbocycles. The molecule has 0 aliphatic rings. The average molecular weight is 403 g/mol. The van der Waals surface area contributed by atoms with Gasteiger partial charge in [0.2, 0.25) is 0 Å². The number of rotatable bonds is 6. The summed E-state index contributed by atoms with van der Waals surface area (Å²) < 4.78 is 15.4. The van der Waals surface area contributed by atoms with Crippen LogP contribution in [0, 0.1) is 0 Å². The number of methoxy groups -OCH3 is 1. The first-order valence-electron chi connectivity index (χ1n) is 8.12. The molecule has 0 aliphatic heterocycles. The van der Waals surface area contributed by atoms with E-state index in [4.69, 9.17) is 25.5 Å². The minimum absolute atomic E-state index is 0.0842. The first kappa shape index (κ1) is 19.4. The molecular weight excluding hydrogens is 388 g/mol. The van der Waals surface area contributed by atoms with Crippen LogP contribution >= 0.6 is 11.6 Å². The highest BCUT2D eigenvalue weighted by molar-refractivity contribution is 6.30. The van der Waals surface area contributed by atoms with Crippen LogP contribution in [0.3, 0.4) is 0 Å². The summed E-state index contributed by atoms with van der Waals surface area (Å²) in [6.45, 7) is -0.515. The fraction of sp³-hybridized carbons (Fsp3) is 0.158. The van der Waals surface area contributed by atoms with Crippen molar-refractivity contribution in [3.8, 4) is 5.75 Å². The SMILES string of the molecule is COc1ccc2c(COC(=O)CNC(=O)c3cc(Cl)ccn3)cc(=O)oc2c1. The van der Waals surface area contributed by atoms with E-state index in [1.54, 1.807) is 18.2 Å². The van der Waals surface area contributed by atoms with Crippen LogP contribution in [0.2, 0.25) is 5.02 Å². The van der Waals surface area contributed by atoms with Gasteiger partial charge in [-0.05, 0) is 24.3 Å². The number of carbonyl (C=O) groups is 2. The topological polar surface area (TPSA) is 108 Å². The molecule has 0 saturated heterocycles. The minimum Gasteiger partial charge on any atom is -0.497 e. The lowest BCUT2D eigenvalue weighted by molar-refractivity contribution is -0.143. The number of fused-ring (bicyclic) bond motifs is 1. The lowest BCUT2D eigenvalue weighted by Crippen LogP contribution is -2.31. The molecule has 9 heteroatoms. The fourth-order valence-corrected chi connectivity index (χ4v) is 2.60. The molecule has 1 amide bonds. The van der Waals surface area contributed by atoms with Crippen LogP contribution in [-0.4, -0.2) is 30.5 Å². The molecule has 0 bridgehead atoms. The summed E-state index contributed by atoms with van der Waals surface area (Å²) in [6, 6.07) is 9.13. The molecule has 0 unspecified atom stereocenters. The Bertz CT molecular complexity index is 1100.